The molecule has 7 heteroatoms. The van der Waals surface area contributed by atoms with Crippen LogP contribution in [0.1, 0.15) is 25.8 Å². The Kier molecular flexibility index (Phi) is 8.99. The zero-order chi connectivity index (χ0) is 21.2. The van der Waals surface area contributed by atoms with Gasteiger partial charge in [0.2, 0.25) is 5.91 Å². The van der Waals surface area contributed by atoms with Crippen molar-refractivity contribution >= 4 is 27.7 Å². The summed E-state index contributed by atoms with van der Waals surface area (Å²) in [5, 5.41) is 2.85. The highest BCUT2D eigenvalue weighted by Crippen LogP contribution is 2.18. The minimum absolute atomic E-state index is 0.158. The van der Waals surface area contributed by atoms with Crippen LogP contribution in [-0.2, 0) is 16.1 Å². The van der Waals surface area contributed by atoms with Crippen molar-refractivity contribution < 1.29 is 19.1 Å². The second-order valence-electron chi connectivity index (χ2n) is 6.58. The van der Waals surface area contributed by atoms with Crippen LogP contribution in [0.25, 0.3) is 0 Å². The maximum atomic E-state index is 12.9. The quantitative estimate of drug-likeness (QED) is 0.583. The fraction of sp³-hybridized carbons (Fsp3) is 0.364. The molecule has 156 valence electrons. The summed E-state index contributed by atoms with van der Waals surface area (Å²) in [6.45, 7) is 4.45. The number of halogens is 1. The third-order valence-corrected chi connectivity index (χ3v) is 4.93. The molecule has 0 bridgehead atoms. The summed E-state index contributed by atoms with van der Waals surface area (Å²) in [6, 6.07) is 14.1. The van der Waals surface area contributed by atoms with Gasteiger partial charge in [-0.15, -0.1) is 0 Å². The zero-order valence-electron chi connectivity index (χ0n) is 17.0. The summed E-state index contributed by atoms with van der Waals surface area (Å²) in [5.74, 6) is 0.831. The molecule has 0 aromatic heterocycles. The monoisotopic (exact) mass is 462 g/mol. The van der Waals surface area contributed by atoms with Gasteiger partial charge in [-0.05, 0) is 55.3 Å². The fourth-order valence-electron chi connectivity index (χ4n) is 2.66. The van der Waals surface area contributed by atoms with Gasteiger partial charge < -0.3 is 19.7 Å². The molecule has 0 fully saturated rings. The second kappa shape index (κ2) is 11.5. The zero-order valence-corrected chi connectivity index (χ0v) is 18.6. The van der Waals surface area contributed by atoms with E-state index in [4.69, 9.17) is 9.47 Å². The molecule has 2 aromatic rings. The second-order valence-corrected chi connectivity index (χ2v) is 7.49. The predicted molar refractivity (Wildman–Crippen MR) is 116 cm³/mol. The molecule has 1 atom stereocenters. The van der Waals surface area contributed by atoms with Crippen molar-refractivity contribution in [3.8, 4) is 11.5 Å². The molecule has 1 unspecified atom stereocenters. The Morgan fingerprint density at radius 1 is 1.07 bits per heavy atom. The van der Waals surface area contributed by atoms with Gasteiger partial charge in [-0.2, -0.15) is 0 Å². The number of amides is 2. The van der Waals surface area contributed by atoms with Crippen LogP contribution in [0.5, 0.6) is 11.5 Å². The number of benzene rings is 2. The first kappa shape index (κ1) is 22.7. The Hall–Kier alpha value is -2.54. The van der Waals surface area contributed by atoms with Crippen LogP contribution in [0, 0.1) is 0 Å². The minimum atomic E-state index is -0.614. The van der Waals surface area contributed by atoms with Crippen molar-refractivity contribution in [1.82, 2.24) is 10.2 Å². The number of nitrogens with one attached hydrogen (secondary N) is 1. The predicted octanol–water partition coefficient (Wildman–Crippen LogP) is 3.78. The summed E-state index contributed by atoms with van der Waals surface area (Å²) >= 11 is 3.41. The van der Waals surface area contributed by atoms with Gasteiger partial charge in [0.15, 0.2) is 6.61 Å². The van der Waals surface area contributed by atoms with E-state index in [2.05, 4.69) is 21.2 Å². The van der Waals surface area contributed by atoms with Gasteiger partial charge in [-0.3, -0.25) is 9.59 Å². The van der Waals surface area contributed by atoms with E-state index >= 15 is 0 Å². The highest BCUT2D eigenvalue weighted by molar-refractivity contribution is 9.10. The highest BCUT2D eigenvalue weighted by atomic mass is 79.9. The molecule has 0 saturated heterocycles. The standard InChI is InChI=1S/C22H27BrN2O4/c1-4-13-24-22(27)16(2)25(14-17-5-7-18(23)8-6-17)21(26)15-29-20-11-9-19(28-3)10-12-20/h5-12,16H,4,13-15H2,1-3H3,(H,24,27). The Balaban J connectivity index is 2.09. The van der Waals surface area contributed by atoms with E-state index in [1.54, 1.807) is 38.3 Å². The van der Waals surface area contributed by atoms with Gasteiger partial charge in [0.05, 0.1) is 7.11 Å². The number of hydrogen-bond donors (Lipinski definition) is 1. The van der Waals surface area contributed by atoms with Gasteiger partial charge in [0, 0.05) is 17.6 Å². The van der Waals surface area contributed by atoms with Crippen LogP contribution in [0.4, 0.5) is 0 Å². The Bertz CT molecular complexity index is 793. The number of ether oxygens (including phenoxy) is 2. The maximum absolute atomic E-state index is 12.9. The first-order valence-corrected chi connectivity index (χ1v) is 10.3. The van der Waals surface area contributed by atoms with Gasteiger partial charge in [-0.25, -0.2) is 0 Å². The Morgan fingerprint density at radius 2 is 1.69 bits per heavy atom. The third-order valence-electron chi connectivity index (χ3n) is 4.40. The van der Waals surface area contributed by atoms with Crippen LogP contribution in [0.15, 0.2) is 53.0 Å². The SMILES string of the molecule is CCCNC(=O)C(C)N(Cc1ccc(Br)cc1)C(=O)COc1ccc(OC)cc1. The molecule has 0 aliphatic rings. The number of carbonyl (C=O) groups excluding carboxylic acids is 2. The van der Waals surface area contributed by atoms with Gasteiger partial charge >= 0.3 is 0 Å². The van der Waals surface area contributed by atoms with E-state index in [1.165, 1.54) is 4.90 Å². The fourth-order valence-corrected chi connectivity index (χ4v) is 2.93. The number of hydrogen-bond acceptors (Lipinski definition) is 4. The largest absolute Gasteiger partial charge is 0.497 e. The molecule has 2 rings (SSSR count). The molecule has 2 aromatic carbocycles. The van der Waals surface area contributed by atoms with Crippen molar-refractivity contribution in [2.45, 2.75) is 32.9 Å². The molecule has 0 radical (unpaired) electrons. The summed E-state index contributed by atoms with van der Waals surface area (Å²) < 4.78 is 11.7. The number of nitrogens with zero attached hydrogens (tertiary/aromatic N) is 1. The summed E-state index contributed by atoms with van der Waals surface area (Å²) in [7, 11) is 1.59. The van der Waals surface area contributed by atoms with E-state index in [0.29, 0.717) is 24.6 Å². The van der Waals surface area contributed by atoms with E-state index in [0.717, 1.165) is 16.5 Å². The molecule has 29 heavy (non-hydrogen) atoms. The molecule has 2 amide bonds. The minimum Gasteiger partial charge on any atom is -0.497 e. The lowest BCUT2D eigenvalue weighted by Gasteiger charge is -2.28. The van der Waals surface area contributed by atoms with Crippen LogP contribution in [0.2, 0.25) is 0 Å². The molecule has 1 N–H and O–H groups in total. The van der Waals surface area contributed by atoms with E-state index < -0.39 is 6.04 Å². The van der Waals surface area contributed by atoms with Gasteiger partial charge in [0.25, 0.3) is 5.91 Å². The summed E-state index contributed by atoms with van der Waals surface area (Å²) in [4.78, 5) is 26.9. The molecule has 0 aliphatic carbocycles. The Morgan fingerprint density at radius 3 is 2.28 bits per heavy atom. The van der Waals surface area contributed by atoms with Crippen molar-refractivity contribution in [3.63, 3.8) is 0 Å². The lowest BCUT2D eigenvalue weighted by atomic mass is 10.1. The van der Waals surface area contributed by atoms with Gasteiger partial charge in [-0.1, -0.05) is 35.0 Å². The van der Waals surface area contributed by atoms with E-state index in [1.807, 2.05) is 31.2 Å². The first-order chi connectivity index (χ1) is 13.9. The van der Waals surface area contributed by atoms with Crippen LogP contribution >= 0.6 is 15.9 Å². The number of carbonyl (C=O) groups is 2. The lowest BCUT2D eigenvalue weighted by Crippen LogP contribution is -2.49. The van der Waals surface area contributed by atoms with Crippen molar-refractivity contribution in [1.29, 1.82) is 0 Å². The van der Waals surface area contributed by atoms with Crippen LogP contribution in [0.3, 0.4) is 0 Å². The van der Waals surface area contributed by atoms with E-state index in [-0.39, 0.29) is 18.4 Å². The molecule has 6 nitrogen and oxygen atoms in total. The smallest absolute Gasteiger partial charge is 0.261 e. The van der Waals surface area contributed by atoms with Crippen molar-refractivity contribution in [2.24, 2.45) is 0 Å². The molecular weight excluding hydrogens is 436 g/mol. The molecule has 0 spiro atoms. The molecule has 0 heterocycles. The number of methoxy groups -OCH3 is 1. The van der Waals surface area contributed by atoms with E-state index in [9.17, 15) is 9.59 Å². The third kappa shape index (κ3) is 7.09. The first-order valence-electron chi connectivity index (χ1n) is 9.53. The van der Waals surface area contributed by atoms with Crippen LogP contribution in [-0.4, -0.2) is 43.0 Å². The number of rotatable bonds is 10. The molecule has 0 saturated carbocycles. The lowest BCUT2D eigenvalue weighted by molar-refractivity contribution is -0.142. The van der Waals surface area contributed by atoms with Crippen molar-refractivity contribution in [3.05, 3.63) is 58.6 Å². The normalized spacial score (nSPS) is 11.4. The summed E-state index contributed by atoms with van der Waals surface area (Å²) in [5.41, 5.74) is 0.932. The summed E-state index contributed by atoms with van der Waals surface area (Å²) in [6.07, 6.45) is 0.833. The topological polar surface area (TPSA) is 67.9 Å². The van der Waals surface area contributed by atoms with Gasteiger partial charge in [0.1, 0.15) is 17.5 Å². The Labute approximate surface area is 180 Å². The highest BCUT2D eigenvalue weighted by Gasteiger charge is 2.26. The van der Waals surface area contributed by atoms with Crippen molar-refractivity contribution in [2.75, 3.05) is 20.3 Å². The average molecular weight is 463 g/mol. The maximum Gasteiger partial charge on any atom is 0.261 e. The van der Waals surface area contributed by atoms with Crippen LogP contribution < -0.4 is 14.8 Å². The molecular formula is C22H27BrN2O4. The average Bonchev–Trinajstić information content (AvgIpc) is 2.75. The molecule has 0 aliphatic heterocycles.